The number of benzene rings is 1. The quantitative estimate of drug-likeness (QED) is 0.480. The molecule has 1 nitrogen and oxygen atoms in total. The van der Waals surface area contributed by atoms with E-state index >= 15 is 4.39 Å². The number of hydrogen-bond donors (Lipinski definition) is 0. The van der Waals surface area contributed by atoms with Crippen LogP contribution in [-0.4, -0.2) is 12.7 Å². The SMILES string of the molecule is C=CCOC1CCC2CC(c3cc4c(cc3F)CC(CCC)CC4)CCC2C1. The summed E-state index contributed by atoms with van der Waals surface area (Å²) in [4.78, 5) is 0. The van der Waals surface area contributed by atoms with Crippen LogP contribution in [0, 0.1) is 23.6 Å². The summed E-state index contributed by atoms with van der Waals surface area (Å²) < 4.78 is 21.0. The molecule has 0 heterocycles. The normalized spacial score (nSPS) is 32.4. The molecule has 5 atom stereocenters. The van der Waals surface area contributed by atoms with Crippen LogP contribution in [0.4, 0.5) is 4.39 Å². The largest absolute Gasteiger partial charge is 0.374 e. The van der Waals surface area contributed by atoms with Crippen molar-refractivity contribution in [1.29, 1.82) is 0 Å². The highest BCUT2D eigenvalue weighted by molar-refractivity contribution is 5.37. The van der Waals surface area contributed by atoms with Crippen LogP contribution in [0.5, 0.6) is 0 Å². The molecule has 3 aliphatic carbocycles. The molecule has 28 heavy (non-hydrogen) atoms. The molecule has 1 aromatic rings. The highest BCUT2D eigenvalue weighted by Crippen LogP contribution is 2.47. The van der Waals surface area contributed by atoms with E-state index in [0.29, 0.717) is 18.6 Å². The van der Waals surface area contributed by atoms with Crippen LogP contribution in [0.25, 0.3) is 0 Å². The average molecular weight is 385 g/mol. The summed E-state index contributed by atoms with van der Waals surface area (Å²) in [5.41, 5.74) is 3.75. The third kappa shape index (κ3) is 4.37. The number of fused-ring (bicyclic) bond motifs is 2. The molecule has 4 rings (SSSR count). The first kappa shape index (κ1) is 20.1. The molecule has 0 aliphatic heterocycles. The molecule has 3 aliphatic rings. The molecule has 5 unspecified atom stereocenters. The fourth-order valence-electron chi connectivity index (χ4n) is 6.33. The second kappa shape index (κ2) is 9.11. The Bertz CT molecular complexity index is 681. The van der Waals surface area contributed by atoms with E-state index in [1.807, 2.05) is 12.1 Å². The molecular weight excluding hydrogens is 347 g/mol. The average Bonchev–Trinajstić information content (AvgIpc) is 2.71. The fourth-order valence-corrected chi connectivity index (χ4v) is 6.33. The van der Waals surface area contributed by atoms with Gasteiger partial charge in [-0.1, -0.05) is 31.9 Å². The van der Waals surface area contributed by atoms with Gasteiger partial charge in [0.1, 0.15) is 5.82 Å². The van der Waals surface area contributed by atoms with E-state index < -0.39 is 0 Å². The standard InChI is InChI=1S/C26H37FO/c1-3-5-18-6-7-21-16-25(26(27)17-23(21)13-18)22-9-8-20-15-24(28-12-4-2)11-10-19(20)14-22/h4,16-20,22,24H,2-3,5-15H2,1H3. The lowest BCUT2D eigenvalue weighted by Gasteiger charge is -2.42. The van der Waals surface area contributed by atoms with E-state index in [1.165, 1.54) is 56.1 Å². The third-order valence-electron chi connectivity index (χ3n) is 7.80. The van der Waals surface area contributed by atoms with Crippen LogP contribution in [0.1, 0.15) is 87.3 Å². The summed E-state index contributed by atoms with van der Waals surface area (Å²) in [7, 11) is 0. The van der Waals surface area contributed by atoms with Gasteiger partial charge in [0.2, 0.25) is 0 Å². The van der Waals surface area contributed by atoms with E-state index in [2.05, 4.69) is 19.6 Å². The summed E-state index contributed by atoms with van der Waals surface area (Å²) in [5.74, 6) is 2.78. The molecule has 2 fully saturated rings. The van der Waals surface area contributed by atoms with Crippen molar-refractivity contribution in [3.63, 3.8) is 0 Å². The molecule has 0 bridgehead atoms. The zero-order valence-corrected chi connectivity index (χ0v) is 17.6. The maximum absolute atomic E-state index is 15.1. The minimum Gasteiger partial charge on any atom is -0.374 e. The lowest BCUT2D eigenvalue weighted by atomic mass is 9.65. The lowest BCUT2D eigenvalue weighted by molar-refractivity contribution is -0.00325. The smallest absolute Gasteiger partial charge is 0.126 e. The summed E-state index contributed by atoms with van der Waals surface area (Å²) >= 11 is 0. The summed E-state index contributed by atoms with van der Waals surface area (Å²) in [5, 5.41) is 0. The topological polar surface area (TPSA) is 9.23 Å². The van der Waals surface area contributed by atoms with Crippen LogP contribution in [0.2, 0.25) is 0 Å². The molecule has 2 heteroatoms. The zero-order valence-electron chi connectivity index (χ0n) is 17.6. The molecule has 2 saturated carbocycles. The Labute approximate surface area is 170 Å². The molecule has 0 aromatic heterocycles. The molecule has 1 aromatic carbocycles. The van der Waals surface area contributed by atoms with Crippen LogP contribution < -0.4 is 0 Å². The van der Waals surface area contributed by atoms with Gasteiger partial charge >= 0.3 is 0 Å². The second-order valence-corrected chi connectivity index (χ2v) is 9.63. The fraction of sp³-hybridized carbons (Fsp3) is 0.692. The van der Waals surface area contributed by atoms with Gasteiger partial charge in [-0.3, -0.25) is 0 Å². The minimum atomic E-state index is 0.0716. The van der Waals surface area contributed by atoms with Gasteiger partial charge < -0.3 is 4.74 Å². The second-order valence-electron chi connectivity index (χ2n) is 9.63. The minimum absolute atomic E-state index is 0.0716. The highest BCUT2D eigenvalue weighted by atomic mass is 19.1. The predicted octanol–water partition coefficient (Wildman–Crippen LogP) is 6.99. The Balaban J connectivity index is 1.42. The highest BCUT2D eigenvalue weighted by Gasteiger charge is 2.37. The number of ether oxygens (including phenoxy) is 1. The first-order valence-corrected chi connectivity index (χ1v) is 11.7. The molecule has 0 N–H and O–H groups in total. The summed E-state index contributed by atoms with van der Waals surface area (Å²) in [6.07, 6.45) is 15.5. The van der Waals surface area contributed by atoms with Crippen LogP contribution in [0.3, 0.4) is 0 Å². The van der Waals surface area contributed by atoms with Crippen molar-refractivity contribution < 1.29 is 9.13 Å². The van der Waals surface area contributed by atoms with Gasteiger partial charge in [-0.2, -0.15) is 0 Å². The van der Waals surface area contributed by atoms with Gasteiger partial charge in [-0.25, -0.2) is 4.39 Å². The van der Waals surface area contributed by atoms with Crippen LogP contribution in [0.15, 0.2) is 24.8 Å². The number of aryl methyl sites for hydroxylation is 1. The van der Waals surface area contributed by atoms with Crippen molar-refractivity contribution in [1.82, 2.24) is 0 Å². The van der Waals surface area contributed by atoms with E-state index in [0.717, 1.165) is 49.0 Å². The lowest BCUT2D eigenvalue weighted by Crippen LogP contribution is -2.34. The monoisotopic (exact) mass is 384 g/mol. The predicted molar refractivity (Wildman–Crippen MR) is 114 cm³/mol. The van der Waals surface area contributed by atoms with Crippen LogP contribution >= 0.6 is 0 Å². The van der Waals surface area contributed by atoms with Gasteiger partial charge in [0.25, 0.3) is 0 Å². The number of rotatable bonds is 6. The van der Waals surface area contributed by atoms with E-state index in [-0.39, 0.29) is 5.82 Å². The molecule has 0 amide bonds. The van der Waals surface area contributed by atoms with Gasteiger partial charge in [-0.15, -0.1) is 6.58 Å². The molecule has 0 saturated heterocycles. The van der Waals surface area contributed by atoms with E-state index in [1.54, 1.807) is 0 Å². The van der Waals surface area contributed by atoms with Crippen LogP contribution in [-0.2, 0) is 17.6 Å². The summed E-state index contributed by atoms with van der Waals surface area (Å²) in [6.45, 7) is 6.69. The Kier molecular flexibility index (Phi) is 6.55. The Morgan fingerprint density at radius 2 is 1.89 bits per heavy atom. The Morgan fingerprint density at radius 3 is 2.71 bits per heavy atom. The van der Waals surface area contributed by atoms with E-state index in [9.17, 15) is 0 Å². The maximum Gasteiger partial charge on any atom is 0.126 e. The first-order valence-electron chi connectivity index (χ1n) is 11.7. The maximum atomic E-state index is 15.1. The Hall–Kier alpha value is -1.15. The molecule has 154 valence electrons. The van der Waals surface area contributed by atoms with Crippen molar-refractivity contribution >= 4 is 0 Å². The van der Waals surface area contributed by atoms with Crippen molar-refractivity contribution in [3.8, 4) is 0 Å². The summed E-state index contributed by atoms with van der Waals surface area (Å²) in [6, 6.07) is 4.16. The number of hydrogen-bond acceptors (Lipinski definition) is 1. The van der Waals surface area contributed by atoms with Crippen molar-refractivity contribution in [2.24, 2.45) is 17.8 Å². The first-order chi connectivity index (χ1) is 13.7. The Morgan fingerprint density at radius 1 is 1.07 bits per heavy atom. The molecule has 0 spiro atoms. The van der Waals surface area contributed by atoms with Crippen molar-refractivity contribution in [2.75, 3.05) is 6.61 Å². The van der Waals surface area contributed by atoms with Gasteiger partial charge in [0.15, 0.2) is 0 Å². The van der Waals surface area contributed by atoms with Gasteiger partial charge in [0, 0.05) is 0 Å². The number of halogens is 1. The van der Waals surface area contributed by atoms with E-state index in [4.69, 9.17) is 4.74 Å². The van der Waals surface area contributed by atoms with Gasteiger partial charge in [0.05, 0.1) is 12.7 Å². The zero-order chi connectivity index (χ0) is 19.5. The molecular formula is C26H37FO. The van der Waals surface area contributed by atoms with Crippen molar-refractivity contribution in [2.45, 2.75) is 89.6 Å². The van der Waals surface area contributed by atoms with Crippen molar-refractivity contribution in [3.05, 3.63) is 47.3 Å². The molecule has 0 radical (unpaired) electrons. The third-order valence-corrected chi connectivity index (χ3v) is 7.80. The van der Waals surface area contributed by atoms with Gasteiger partial charge in [-0.05, 0) is 104 Å².